The van der Waals surface area contributed by atoms with Gasteiger partial charge in [-0.05, 0) is 50.5 Å². The third-order valence-corrected chi connectivity index (χ3v) is 5.56. The van der Waals surface area contributed by atoms with Crippen LogP contribution in [-0.4, -0.2) is 51.7 Å². The summed E-state index contributed by atoms with van der Waals surface area (Å²) in [6.07, 6.45) is -1.62. The molecule has 0 saturated carbocycles. The second-order valence-corrected chi connectivity index (χ2v) is 8.12. The number of carbonyl (C=O) groups is 3. The molecule has 0 radical (unpaired) electrons. The van der Waals surface area contributed by atoms with Crippen LogP contribution in [0.5, 0.6) is 0 Å². The van der Waals surface area contributed by atoms with E-state index in [0.717, 1.165) is 6.07 Å². The number of hydrogen-bond donors (Lipinski definition) is 5. The number of halogens is 2. The number of aliphatic carboxylic acids is 1. The number of rotatable bonds is 9. The van der Waals surface area contributed by atoms with E-state index in [1.165, 1.54) is 12.1 Å². The van der Waals surface area contributed by atoms with E-state index < -0.39 is 48.0 Å². The molecule has 5 N–H and O–H groups in total. The number of anilines is 1. The van der Waals surface area contributed by atoms with Gasteiger partial charge in [0.1, 0.15) is 0 Å². The Morgan fingerprint density at radius 2 is 1.91 bits per heavy atom. The fourth-order valence-electron chi connectivity index (χ4n) is 3.91. The summed E-state index contributed by atoms with van der Waals surface area (Å²) in [5.74, 6) is -4.73. The Hall–Kier alpha value is -3.57. The van der Waals surface area contributed by atoms with Gasteiger partial charge in [0.05, 0.1) is 29.0 Å². The summed E-state index contributed by atoms with van der Waals surface area (Å²) < 4.78 is 28.0. The lowest BCUT2D eigenvalue weighted by atomic mass is 10.0. The van der Waals surface area contributed by atoms with Crippen molar-refractivity contribution in [3.05, 3.63) is 51.8 Å². The molecule has 2 amide bonds. The topological polar surface area (TPSA) is 155 Å². The summed E-state index contributed by atoms with van der Waals surface area (Å²) in [7, 11) is 0. The number of aromatic amines is 1. The van der Waals surface area contributed by atoms with Crippen molar-refractivity contribution in [3.63, 3.8) is 0 Å². The minimum Gasteiger partial charge on any atom is -0.550 e. The molecule has 2 heterocycles. The molecule has 0 unspecified atom stereocenters. The SMILES string of the molecule is Cc1[nH]c(/C=C2\C(=O)Nc3ccc(F)c(F)c32)c(C)c1C(=O)NCC[C@@H](O)C[C@@H](O)CC(=O)[O-]. The summed E-state index contributed by atoms with van der Waals surface area (Å²) in [5, 5.41) is 35.0. The van der Waals surface area contributed by atoms with Gasteiger partial charge in [0.25, 0.3) is 11.8 Å². The Balaban J connectivity index is 1.72. The molecule has 3 rings (SSSR count). The van der Waals surface area contributed by atoms with E-state index in [2.05, 4.69) is 15.6 Å². The Bertz CT molecular complexity index is 1170. The van der Waals surface area contributed by atoms with Crippen LogP contribution in [0, 0.1) is 25.5 Å². The van der Waals surface area contributed by atoms with E-state index >= 15 is 0 Å². The first kappa shape index (κ1) is 25.1. The quantitative estimate of drug-likeness (QED) is 0.337. The van der Waals surface area contributed by atoms with Crippen molar-refractivity contribution in [1.29, 1.82) is 0 Å². The molecule has 0 fully saturated rings. The molecule has 2 aromatic rings. The number of carboxylic acids is 1. The number of benzene rings is 1. The predicted molar refractivity (Wildman–Crippen MR) is 116 cm³/mol. The number of aromatic nitrogens is 1. The van der Waals surface area contributed by atoms with Crippen LogP contribution in [0.1, 0.15) is 52.1 Å². The average molecular weight is 476 g/mol. The first-order valence-corrected chi connectivity index (χ1v) is 10.5. The van der Waals surface area contributed by atoms with E-state index in [9.17, 15) is 38.5 Å². The maximum atomic E-state index is 14.3. The monoisotopic (exact) mass is 476 g/mol. The molecule has 182 valence electrons. The van der Waals surface area contributed by atoms with Crippen LogP contribution < -0.4 is 15.7 Å². The molecule has 2 atom stereocenters. The van der Waals surface area contributed by atoms with Crippen molar-refractivity contribution in [2.24, 2.45) is 0 Å². The van der Waals surface area contributed by atoms with E-state index in [-0.39, 0.29) is 41.8 Å². The number of carbonyl (C=O) groups excluding carboxylic acids is 3. The van der Waals surface area contributed by atoms with Crippen LogP contribution in [-0.2, 0) is 9.59 Å². The van der Waals surface area contributed by atoms with Gasteiger partial charge in [0.2, 0.25) is 0 Å². The normalized spacial score (nSPS) is 15.7. The van der Waals surface area contributed by atoms with Gasteiger partial charge < -0.3 is 35.7 Å². The molecule has 1 aliphatic heterocycles. The van der Waals surface area contributed by atoms with E-state index in [0.29, 0.717) is 17.0 Å². The average Bonchev–Trinajstić information content (AvgIpc) is 3.20. The van der Waals surface area contributed by atoms with E-state index in [1.54, 1.807) is 13.8 Å². The summed E-state index contributed by atoms with van der Waals surface area (Å²) in [6, 6.07) is 2.19. The zero-order valence-corrected chi connectivity index (χ0v) is 18.5. The lowest BCUT2D eigenvalue weighted by Crippen LogP contribution is -2.31. The van der Waals surface area contributed by atoms with Gasteiger partial charge in [0.15, 0.2) is 11.6 Å². The van der Waals surface area contributed by atoms with Crippen molar-refractivity contribution in [1.82, 2.24) is 10.3 Å². The third kappa shape index (κ3) is 5.32. The Labute approximate surface area is 193 Å². The first-order chi connectivity index (χ1) is 16.0. The second kappa shape index (κ2) is 10.1. The van der Waals surface area contributed by atoms with Crippen LogP contribution in [0.25, 0.3) is 11.6 Å². The first-order valence-electron chi connectivity index (χ1n) is 10.5. The molecular weight excluding hydrogens is 452 g/mol. The van der Waals surface area contributed by atoms with Crippen LogP contribution in [0.3, 0.4) is 0 Å². The lowest BCUT2D eigenvalue weighted by Gasteiger charge is -2.16. The molecule has 34 heavy (non-hydrogen) atoms. The third-order valence-electron chi connectivity index (χ3n) is 5.56. The van der Waals surface area contributed by atoms with Crippen molar-refractivity contribution >= 4 is 35.1 Å². The highest BCUT2D eigenvalue weighted by Gasteiger charge is 2.30. The largest absolute Gasteiger partial charge is 0.550 e. The highest BCUT2D eigenvalue weighted by molar-refractivity contribution is 6.35. The highest BCUT2D eigenvalue weighted by atomic mass is 19.2. The van der Waals surface area contributed by atoms with Crippen molar-refractivity contribution < 1.29 is 38.5 Å². The molecule has 1 aliphatic rings. The molecule has 9 nitrogen and oxygen atoms in total. The second-order valence-electron chi connectivity index (χ2n) is 8.12. The van der Waals surface area contributed by atoms with Crippen molar-refractivity contribution in [2.45, 2.75) is 45.3 Å². The van der Waals surface area contributed by atoms with Crippen LogP contribution in [0.15, 0.2) is 12.1 Å². The van der Waals surface area contributed by atoms with Crippen LogP contribution in [0.2, 0.25) is 0 Å². The smallest absolute Gasteiger partial charge is 0.256 e. The maximum absolute atomic E-state index is 14.3. The predicted octanol–water partition coefficient (Wildman–Crippen LogP) is 0.774. The number of fused-ring (bicyclic) bond motifs is 1. The number of aliphatic hydroxyl groups excluding tert-OH is 2. The van der Waals surface area contributed by atoms with Gasteiger partial charge in [-0.15, -0.1) is 0 Å². The zero-order chi connectivity index (χ0) is 25.2. The molecule has 0 bridgehead atoms. The highest BCUT2D eigenvalue weighted by Crippen LogP contribution is 2.36. The van der Waals surface area contributed by atoms with E-state index in [4.69, 9.17) is 0 Å². The summed E-state index contributed by atoms with van der Waals surface area (Å²) in [5.41, 5.74) is 1.50. The van der Waals surface area contributed by atoms with Gasteiger partial charge in [-0.2, -0.15) is 0 Å². The molecule has 11 heteroatoms. The maximum Gasteiger partial charge on any atom is 0.256 e. The number of amides is 2. The lowest BCUT2D eigenvalue weighted by molar-refractivity contribution is -0.307. The molecule has 1 aromatic heterocycles. The van der Waals surface area contributed by atoms with Gasteiger partial charge in [-0.3, -0.25) is 9.59 Å². The minimum absolute atomic E-state index is 0.0544. The van der Waals surface area contributed by atoms with Crippen molar-refractivity contribution in [2.75, 3.05) is 11.9 Å². The molecular formula is C23H24F2N3O6-. The summed E-state index contributed by atoms with van der Waals surface area (Å²) in [6.45, 7) is 3.32. The number of H-pyrrole nitrogens is 1. The molecule has 0 spiro atoms. The summed E-state index contributed by atoms with van der Waals surface area (Å²) in [4.78, 5) is 38.5. The number of hydrogen-bond acceptors (Lipinski definition) is 6. The van der Waals surface area contributed by atoms with Crippen LogP contribution >= 0.6 is 0 Å². The van der Waals surface area contributed by atoms with Gasteiger partial charge in [0, 0.05) is 35.9 Å². The fourth-order valence-corrected chi connectivity index (χ4v) is 3.91. The fraction of sp³-hybridized carbons (Fsp3) is 0.348. The molecule has 0 aliphatic carbocycles. The number of nitrogens with one attached hydrogen (secondary N) is 3. The Morgan fingerprint density at radius 3 is 2.59 bits per heavy atom. The van der Waals surface area contributed by atoms with E-state index in [1.807, 2.05) is 0 Å². The van der Waals surface area contributed by atoms with Crippen molar-refractivity contribution in [3.8, 4) is 0 Å². The Morgan fingerprint density at radius 1 is 1.21 bits per heavy atom. The molecule has 1 aromatic carbocycles. The number of aliphatic hydroxyl groups is 2. The Kier molecular flexibility index (Phi) is 7.48. The standard InChI is InChI=1S/C23H25F2N3O6/c1-10-17(9-14-20-16(28-22(14)33)4-3-15(24)21(20)25)27-11(2)19(10)23(34)26-6-5-12(29)7-13(30)8-18(31)32/h3-4,9,12-13,27,29-30H,5-8H2,1-2H3,(H,26,34)(H,28,33)(H,31,32)/p-1/b14-9-/t12-,13-/m1/s1. The van der Waals surface area contributed by atoms with Gasteiger partial charge in [-0.1, -0.05) is 0 Å². The van der Waals surface area contributed by atoms with Gasteiger partial charge in [-0.25, -0.2) is 8.78 Å². The zero-order valence-electron chi connectivity index (χ0n) is 18.5. The number of carboxylic acid groups (broad SMARTS) is 1. The molecule has 0 saturated heterocycles. The minimum atomic E-state index is -1.43. The summed E-state index contributed by atoms with van der Waals surface area (Å²) >= 11 is 0. The van der Waals surface area contributed by atoms with Crippen LogP contribution in [0.4, 0.5) is 14.5 Å². The van der Waals surface area contributed by atoms with Gasteiger partial charge >= 0.3 is 0 Å². The number of aryl methyl sites for hydroxylation is 1.